The molecular formula is C28H18KN7O6. The third-order valence-corrected chi connectivity index (χ3v) is 5.88. The number of urea groups is 1. The summed E-state index contributed by atoms with van der Waals surface area (Å²) in [5.74, 6) is -2.68. The number of aromatic amines is 1. The summed E-state index contributed by atoms with van der Waals surface area (Å²) in [7, 11) is 0. The third-order valence-electron chi connectivity index (χ3n) is 5.88. The number of imide groups is 2. The van der Waals surface area contributed by atoms with Crippen molar-refractivity contribution in [3.8, 4) is 11.6 Å². The number of hydrogen-bond donors (Lipinski definition) is 2. The van der Waals surface area contributed by atoms with Crippen molar-refractivity contribution in [2.45, 2.75) is 0 Å². The molecule has 4 amide bonds. The van der Waals surface area contributed by atoms with Crippen LogP contribution >= 0.6 is 0 Å². The largest absolute Gasteiger partial charge is 1.00 e. The molecule has 1 aliphatic rings. The minimum atomic E-state index is -0.922. The molecule has 1 fully saturated rings. The quantitative estimate of drug-likeness (QED) is 0.113. The number of hydrogen-bond acceptors (Lipinski definition) is 9. The zero-order chi connectivity index (χ0) is 28.9. The Hall–Kier alpha value is -4.60. The number of pyridine rings is 3. The average Bonchev–Trinajstić information content (AvgIpc) is 2.97. The van der Waals surface area contributed by atoms with Crippen LogP contribution < -0.4 is 78.0 Å². The Morgan fingerprint density at radius 2 is 1.52 bits per heavy atom. The van der Waals surface area contributed by atoms with Gasteiger partial charge in [-0.05, 0) is 65.6 Å². The Kier molecular flexibility index (Phi) is 9.67. The van der Waals surface area contributed by atoms with Crippen LogP contribution in [0.15, 0.2) is 107 Å². The molecule has 0 aromatic carbocycles. The van der Waals surface area contributed by atoms with Gasteiger partial charge in [0.15, 0.2) is 0 Å². The number of aromatic nitrogens is 5. The number of amides is 4. The zero-order valence-corrected chi connectivity index (χ0v) is 25.0. The van der Waals surface area contributed by atoms with E-state index in [-0.39, 0.29) is 73.9 Å². The molecule has 4 aromatic heterocycles. The van der Waals surface area contributed by atoms with E-state index in [0.717, 1.165) is 9.47 Å². The van der Waals surface area contributed by atoms with E-state index >= 15 is 0 Å². The first-order chi connectivity index (χ1) is 19.8. The molecule has 0 atom stereocenters. The van der Waals surface area contributed by atoms with Gasteiger partial charge >= 0.3 is 63.1 Å². The van der Waals surface area contributed by atoms with Crippen molar-refractivity contribution in [3.63, 3.8) is 0 Å². The van der Waals surface area contributed by atoms with Crippen molar-refractivity contribution >= 4 is 35.2 Å². The van der Waals surface area contributed by atoms with Gasteiger partial charge in [-0.15, -0.1) is 0 Å². The van der Waals surface area contributed by atoms with Crippen molar-refractivity contribution < 1.29 is 70.9 Å². The second-order valence-corrected chi connectivity index (χ2v) is 8.41. The Balaban J connectivity index is 0.00000405. The molecule has 13 nitrogen and oxygen atoms in total. The number of nitrogens with zero attached hydrogens (tertiary/aromatic N) is 5. The molecule has 42 heavy (non-hydrogen) atoms. The van der Waals surface area contributed by atoms with Crippen LogP contribution in [-0.4, -0.2) is 42.3 Å². The molecule has 0 unspecified atom stereocenters. The zero-order valence-electron chi connectivity index (χ0n) is 21.9. The van der Waals surface area contributed by atoms with Crippen molar-refractivity contribution in [3.05, 3.63) is 129 Å². The summed E-state index contributed by atoms with van der Waals surface area (Å²) in [6.07, 6.45) is 13.8. The molecule has 4 aromatic rings. The van der Waals surface area contributed by atoms with Crippen molar-refractivity contribution in [1.29, 1.82) is 0 Å². The number of nitrogens with one attached hydrogen (secondary N) is 2. The van der Waals surface area contributed by atoms with Crippen molar-refractivity contribution in [2.24, 2.45) is 0 Å². The van der Waals surface area contributed by atoms with Gasteiger partial charge in [-0.1, -0.05) is 12.2 Å². The van der Waals surface area contributed by atoms with E-state index in [1.54, 1.807) is 12.1 Å². The minimum Gasteiger partial charge on any atom is -0.860 e. The topological polar surface area (TPSA) is 183 Å². The maximum atomic E-state index is 13.1. The van der Waals surface area contributed by atoms with Crippen LogP contribution in [0.3, 0.4) is 0 Å². The summed E-state index contributed by atoms with van der Waals surface area (Å²) >= 11 is 0. The molecule has 2 N–H and O–H groups in total. The fraction of sp³-hybridized carbons (Fsp3) is 0. The number of carbonyl (C=O) groups is 3. The summed E-state index contributed by atoms with van der Waals surface area (Å²) in [4.78, 5) is 78.3. The molecule has 1 aliphatic heterocycles. The monoisotopic (exact) mass is 587 g/mol. The average molecular weight is 588 g/mol. The number of carbonyl (C=O) groups excluding carboxylic acids is 3. The number of anilines is 1. The fourth-order valence-electron chi connectivity index (χ4n) is 3.93. The van der Waals surface area contributed by atoms with Crippen LogP contribution in [0.25, 0.3) is 17.3 Å². The van der Waals surface area contributed by atoms with Gasteiger partial charge in [-0.25, -0.2) is 19.1 Å². The van der Waals surface area contributed by atoms with E-state index in [4.69, 9.17) is 0 Å². The molecule has 0 aliphatic carbocycles. The third kappa shape index (κ3) is 6.32. The van der Waals surface area contributed by atoms with Crippen LogP contribution in [0.5, 0.6) is 5.88 Å². The Labute approximate surface area is 279 Å². The molecule has 5 heterocycles. The van der Waals surface area contributed by atoms with Gasteiger partial charge in [0.25, 0.3) is 17.4 Å². The molecule has 202 valence electrons. The van der Waals surface area contributed by atoms with E-state index in [1.807, 2.05) is 0 Å². The number of H-pyrrole nitrogens is 1. The number of barbiturate groups is 1. The number of allylic oxidation sites excluding steroid dienone is 4. The Morgan fingerprint density at radius 3 is 2.17 bits per heavy atom. The van der Waals surface area contributed by atoms with E-state index < -0.39 is 35.0 Å². The summed E-state index contributed by atoms with van der Waals surface area (Å²) in [5.41, 5.74) is -1.24. The van der Waals surface area contributed by atoms with Crippen LogP contribution in [0.4, 0.5) is 10.5 Å². The molecule has 0 radical (unpaired) electrons. The minimum absolute atomic E-state index is 0. The van der Waals surface area contributed by atoms with Crippen LogP contribution in [0, 0.1) is 0 Å². The summed E-state index contributed by atoms with van der Waals surface area (Å²) in [5, 5.41) is 14.7. The molecule has 0 spiro atoms. The first-order valence-corrected chi connectivity index (χ1v) is 11.9. The van der Waals surface area contributed by atoms with Gasteiger partial charge in [-0.2, -0.15) is 0 Å². The summed E-state index contributed by atoms with van der Waals surface area (Å²) in [6.45, 7) is 0. The fourth-order valence-corrected chi connectivity index (χ4v) is 3.93. The van der Waals surface area contributed by atoms with E-state index in [1.165, 1.54) is 85.8 Å². The standard InChI is InChI=1S/C28H19N7O6.K/c36-23-21(25(38)34(27(40)32-23)19-3-1-11-30-15-19)7-5-17(18-9-13-29-14-10-18)6-8-22-24(37)33-28(41)35(26(22)39)20-4-2-12-31-16-20;/h1-16,36H,(H,32,40)(H,33,37,41);/q;+1/p-1. The van der Waals surface area contributed by atoms with Gasteiger partial charge in [0.1, 0.15) is 5.57 Å². The van der Waals surface area contributed by atoms with Crippen LogP contribution in [0.1, 0.15) is 11.1 Å². The van der Waals surface area contributed by atoms with Gasteiger partial charge in [0.2, 0.25) is 0 Å². The van der Waals surface area contributed by atoms with Crippen LogP contribution in [-0.2, 0) is 9.59 Å². The van der Waals surface area contributed by atoms with Gasteiger partial charge in [-0.3, -0.25) is 34.7 Å². The second-order valence-electron chi connectivity index (χ2n) is 8.41. The Morgan fingerprint density at radius 1 is 0.857 bits per heavy atom. The maximum absolute atomic E-state index is 13.1. The molecule has 14 heteroatoms. The smallest absolute Gasteiger partial charge is 0.860 e. The van der Waals surface area contributed by atoms with Gasteiger partial charge < -0.3 is 10.1 Å². The van der Waals surface area contributed by atoms with E-state index in [0.29, 0.717) is 11.1 Å². The molecule has 1 saturated heterocycles. The molecule has 0 saturated carbocycles. The normalized spacial score (nSPS) is 14.7. The van der Waals surface area contributed by atoms with Gasteiger partial charge in [0.05, 0.1) is 23.8 Å². The molecule has 0 bridgehead atoms. The summed E-state index contributed by atoms with van der Waals surface area (Å²) in [6, 6.07) is 8.37. The number of rotatable bonds is 6. The Bertz CT molecular complexity index is 1870. The van der Waals surface area contributed by atoms with E-state index in [9.17, 15) is 29.1 Å². The predicted molar refractivity (Wildman–Crippen MR) is 144 cm³/mol. The molecule has 5 rings (SSSR count). The first-order valence-electron chi connectivity index (χ1n) is 11.9. The van der Waals surface area contributed by atoms with Crippen molar-refractivity contribution in [2.75, 3.05) is 4.90 Å². The first kappa shape index (κ1) is 30.4. The predicted octanol–water partition coefficient (Wildman–Crippen LogP) is -1.91. The SMILES string of the molecule is O=C1NC(=O)N(c2cccnc2)C(=O)C1=CC=C(C=Cc1c([O-])[nH]c(=O)n(-c2cccnc2)c1=O)c1ccncc1.[K+]. The molecular weight excluding hydrogens is 569 g/mol. The second kappa shape index (κ2) is 13.4. The van der Waals surface area contributed by atoms with Crippen LogP contribution in [0.2, 0.25) is 0 Å². The summed E-state index contributed by atoms with van der Waals surface area (Å²) < 4.78 is 0.779. The van der Waals surface area contributed by atoms with Crippen molar-refractivity contribution in [1.82, 2.24) is 29.8 Å². The van der Waals surface area contributed by atoms with E-state index in [2.05, 4.69) is 25.3 Å². The van der Waals surface area contributed by atoms with Gasteiger partial charge in [0, 0.05) is 30.4 Å². The maximum Gasteiger partial charge on any atom is 1.00 e.